The smallest absolute Gasteiger partial charge is 0.274 e. The third-order valence-electron chi connectivity index (χ3n) is 5.81. The number of nitrogens with one attached hydrogen (secondary N) is 2. The van der Waals surface area contributed by atoms with Gasteiger partial charge in [0.05, 0.1) is 30.5 Å². The first-order valence-corrected chi connectivity index (χ1v) is 11.0. The number of ether oxygens (including phenoxy) is 2. The standard InChI is InChI=1S/C22H24ClN5O3/c23-16-5-1-2-7-19(16)30-10-8-14-12-18(26-24-14)20-13-28(9-11-31-20)22(29)21-15-4-3-6-17(15)25-27-21/h1-2,5,7,12,20H,3-4,6,8-11,13H2,(H,24,26)(H,25,27). The van der Waals surface area contributed by atoms with Gasteiger partial charge < -0.3 is 14.4 Å². The normalized spacial score (nSPS) is 18.2. The Hall–Kier alpha value is -2.84. The second-order valence-electron chi connectivity index (χ2n) is 7.84. The first kappa shape index (κ1) is 20.1. The molecule has 1 aliphatic heterocycles. The third-order valence-corrected chi connectivity index (χ3v) is 6.12. The summed E-state index contributed by atoms with van der Waals surface area (Å²) >= 11 is 6.12. The minimum Gasteiger partial charge on any atom is -0.492 e. The molecule has 8 nitrogen and oxygen atoms in total. The van der Waals surface area contributed by atoms with Gasteiger partial charge in [-0.2, -0.15) is 10.2 Å². The van der Waals surface area contributed by atoms with E-state index in [0.29, 0.717) is 49.2 Å². The number of H-pyrrole nitrogens is 2. The summed E-state index contributed by atoms with van der Waals surface area (Å²) in [6.07, 6.45) is 3.36. The van der Waals surface area contributed by atoms with Gasteiger partial charge in [0, 0.05) is 29.9 Å². The lowest BCUT2D eigenvalue weighted by Gasteiger charge is -2.31. The lowest BCUT2D eigenvalue weighted by Crippen LogP contribution is -2.42. The molecule has 1 amide bonds. The van der Waals surface area contributed by atoms with Gasteiger partial charge in [-0.1, -0.05) is 23.7 Å². The Morgan fingerprint density at radius 3 is 3.06 bits per heavy atom. The molecule has 0 radical (unpaired) electrons. The zero-order valence-corrected chi connectivity index (χ0v) is 17.8. The maximum atomic E-state index is 13.0. The molecule has 162 valence electrons. The molecule has 5 rings (SSSR count). The Morgan fingerprint density at radius 2 is 2.16 bits per heavy atom. The van der Waals surface area contributed by atoms with Crippen LogP contribution in [-0.4, -0.2) is 57.5 Å². The van der Waals surface area contributed by atoms with Crippen LogP contribution in [0.3, 0.4) is 0 Å². The molecule has 1 unspecified atom stereocenters. The van der Waals surface area contributed by atoms with Crippen LogP contribution in [0, 0.1) is 0 Å². The Bertz CT molecular complexity index is 1080. The predicted molar refractivity (Wildman–Crippen MR) is 114 cm³/mol. The summed E-state index contributed by atoms with van der Waals surface area (Å²) in [5.74, 6) is 0.634. The quantitative estimate of drug-likeness (QED) is 0.612. The van der Waals surface area contributed by atoms with Crippen molar-refractivity contribution in [3.8, 4) is 5.75 Å². The number of fused-ring (bicyclic) bond motifs is 1. The van der Waals surface area contributed by atoms with Crippen molar-refractivity contribution in [3.63, 3.8) is 0 Å². The van der Waals surface area contributed by atoms with Crippen molar-refractivity contribution in [2.24, 2.45) is 0 Å². The second-order valence-corrected chi connectivity index (χ2v) is 8.25. The van der Waals surface area contributed by atoms with Gasteiger partial charge in [0.15, 0.2) is 5.69 Å². The Labute approximate surface area is 184 Å². The van der Waals surface area contributed by atoms with Crippen molar-refractivity contribution >= 4 is 17.5 Å². The summed E-state index contributed by atoms with van der Waals surface area (Å²) in [6, 6.07) is 9.38. The van der Waals surface area contributed by atoms with E-state index < -0.39 is 0 Å². The lowest BCUT2D eigenvalue weighted by molar-refractivity contribution is -0.0249. The minimum atomic E-state index is -0.265. The van der Waals surface area contributed by atoms with Crippen molar-refractivity contribution in [1.82, 2.24) is 25.3 Å². The van der Waals surface area contributed by atoms with Crippen LogP contribution in [0.15, 0.2) is 30.3 Å². The monoisotopic (exact) mass is 441 g/mol. The van der Waals surface area contributed by atoms with Gasteiger partial charge in [-0.25, -0.2) is 0 Å². The fraction of sp³-hybridized carbons (Fsp3) is 0.409. The minimum absolute atomic E-state index is 0.0309. The summed E-state index contributed by atoms with van der Waals surface area (Å²) in [5, 5.41) is 15.3. The number of carbonyl (C=O) groups excluding carboxylic acids is 1. The van der Waals surface area contributed by atoms with Gasteiger partial charge in [0.2, 0.25) is 0 Å². The number of para-hydroxylation sites is 1. The molecule has 1 aliphatic carbocycles. The van der Waals surface area contributed by atoms with Crippen LogP contribution in [0.1, 0.15) is 45.7 Å². The highest BCUT2D eigenvalue weighted by molar-refractivity contribution is 6.32. The molecule has 3 aromatic rings. The Morgan fingerprint density at radius 1 is 1.26 bits per heavy atom. The maximum Gasteiger partial charge on any atom is 0.274 e. The van der Waals surface area contributed by atoms with Gasteiger partial charge in [-0.15, -0.1) is 0 Å². The molecule has 2 N–H and O–H groups in total. The number of nitrogens with zero attached hydrogens (tertiary/aromatic N) is 3. The van der Waals surface area contributed by atoms with Crippen LogP contribution in [0.25, 0.3) is 0 Å². The van der Waals surface area contributed by atoms with E-state index in [0.717, 1.165) is 41.9 Å². The molecule has 1 fully saturated rings. The summed E-state index contributed by atoms with van der Waals surface area (Å²) < 4.78 is 11.7. The third kappa shape index (κ3) is 4.18. The van der Waals surface area contributed by atoms with Gasteiger partial charge in [0.25, 0.3) is 5.91 Å². The molecular weight excluding hydrogens is 418 g/mol. The second kappa shape index (κ2) is 8.72. The number of hydrogen-bond donors (Lipinski definition) is 2. The van der Waals surface area contributed by atoms with E-state index in [1.807, 2.05) is 29.2 Å². The van der Waals surface area contributed by atoms with Crippen LogP contribution in [0.4, 0.5) is 0 Å². The number of rotatable bonds is 6. The van der Waals surface area contributed by atoms with Crippen LogP contribution in [0.2, 0.25) is 5.02 Å². The molecule has 0 spiro atoms. The van der Waals surface area contributed by atoms with Crippen LogP contribution in [0.5, 0.6) is 5.75 Å². The number of benzene rings is 1. The lowest BCUT2D eigenvalue weighted by atomic mass is 10.1. The Kier molecular flexibility index (Phi) is 5.65. The zero-order chi connectivity index (χ0) is 21.2. The Balaban J connectivity index is 1.19. The molecule has 2 aromatic heterocycles. The summed E-state index contributed by atoms with van der Waals surface area (Å²) in [6.45, 7) is 1.97. The molecule has 9 heteroatoms. The van der Waals surface area contributed by atoms with Crippen LogP contribution >= 0.6 is 11.6 Å². The van der Waals surface area contributed by atoms with Crippen molar-refractivity contribution in [2.45, 2.75) is 31.8 Å². The molecular formula is C22H24ClN5O3. The molecule has 31 heavy (non-hydrogen) atoms. The average Bonchev–Trinajstić information content (AvgIpc) is 3.52. The SMILES string of the molecule is O=C(c1n[nH]c2c1CCC2)N1CCOC(c2cc(CCOc3ccccc3Cl)[nH]n2)C1. The van der Waals surface area contributed by atoms with Crippen molar-refractivity contribution in [1.29, 1.82) is 0 Å². The molecule has 0 bridgehead atoms. The summed E-state index contributed by atoms with van der Waals surface area (Å²) in [5.41, 5.74) is 4.47. The highest BCUT2D eigenvalue weighted by Gasteiger charge is 2.31. The fourth-order valence-corrected chi connectivity index (χ4v) is 4.35. The molecule has 1 aromatic carbocycles. The van der Waals surface area contributed by atoms with Gasteiger partial charge in [0.1, 0.15) is 11.9 Å². The average molecular weight is 442 g/mol. The number of carbonyl (C=O) groups is 1. The number of amides is 1. The van der Waals surface area contributed by atoms with E-state index in [9.17, 15) is 4.79 Å². The number of hydrogen-bond acceptors (Lipinski definition) is 5. The van der Waals surface area contributed by atoms with E-state index in [1.54, 1.807) is 6.07 Å². The zero-order valence-electron chi connectivity index (χ0n) is 17.1. The first-order valence-electron chi connectivity index (χ1n) is 10.6. The largest absolute Gasteiger partial charge is 0.492 e. The van der Waals surface area contributed by atoms with Crippen LogP contribution in [-0.2, 0) is 24.0 Å². The molecule has 2 aliphatic rings. The number of morpholine rings is 1. The highest BCUT2D eigenvalue weighted by atomic mass is 35.5. The summed E-state index contributed by atoms with van der Waals surface area (Å²) in [7, 11) is 0. The van der Waals surface area contributed by atoms with Gasteiger partial charge in [-0.3, -0.25) is 15.0 Å². The van der Waals surface area contributed by atoms with Crippen LogP contribution < -0.4 is 4.74 Å². The van der Waals surface area contributed by atoms with E-state index in [4.69, 9.17) is 21.1 Å². The predicted octanol–water partition coefficient (Wildman–Crippen LogP) is 3.11. The first-order chi connectivity index (χ1) is 15.2. The number of halogens is 1. The molecule has 1 atom stereocenters. The molecule has 3 heterocycles. The fourth-order valence-electron chi connectivity index (χ4n) is 4.16. The molecule has 1 saturated heterocycles. The number of aromatic nitrogens is 4. The van der Waals surface area contributed by atoms with E-state index in [1.165, 1.54) is 0 Å². The van der Waals surface area contributed by atoms with Crippen molar-refractivity contribution in [3.05, 3.63) is 63.7 Å². The molecule has 0 saturated carbocycles. The number of aromatic amines is 2. The van der Waals surface area contributed by atoms with Crippen molar-refractivity contribution < 1.29 is 14.3 Å². The summed E-state index contributed by atoms with van der Waals surface area (Å²) in [4.78, 5) is 14.9. The topological polar surface area (TPSA) is 96.1 Å². The van der Waals surface area contributed by atoms with E-state index in [-0.39, 0.29) is 12.0 Å². The van der Waals surface area contributed by atoms with Crippen molar-refractivity contribution in [2.75, 3.05) is 26.3 Å². The van der Waals surface area contributed by atoms with E-state index >= 15 is 0 Å². The van der Waals surface area contributed by atoms with E-state index in [2.05, 4.69) is 20.4 Å². The maximum absolute atomic E-state index is 13.0. The number of aryl methyl sites for hydroxylation is 1. The van der Waals surface area contributed by atoms with Gasteiger partial charge in [-0.05, 0) is 37.5 Å². The van der Waals surface area contributed by atoms with Gasteiger partial charge >= 0.3 is 0 Å². The highest BCUT2D eigenvalue weighted by Crippen LogP contribution is 2.27.